The van der Waals surface area contributed by atoms with Crippen molar-refractivity contribution in [1.82, 2.24) is 10.3 Å². The van der Waals surface area contributed by atoms with Crippen LogP contribution >= 0.6 is 11.3 Å². The molecule has 1 fully saturated rings. The van der Waals surface area contributed by atoms with Crippen LogP contribution in [0.1, 0.15) is 29.6 Å². The molecule has 0 saturated carbocycles. The van der Waals surface area contributed by atoms with Gasteiger partial charge < -0.3 is 5.32 Å². The van der Waals surface area contributed by atoms with Crippen molar-refractivity contribution in [2.45, 2.75) is 25.8 Å². The number of thiazole rings is 1. The van der Waals surface area contributed by atoms with E-state index >= 15 is 0 Å². The number of nitrogens with zero attached hydrogens (tertiary/aromatic N) is 1. The molecule has 0 bridgehead atoms. The fourth-order valence-electron chi connectivity index (χ4n) is 1.48. The van der Waals surface area contributed by atoms with Gasteiger partial charge in [-0.1, -0.05) is 0 Å². The smallest absolute Gasteiger partial charge is 0.0898 e. The topological polar surface area (TPSA) is 24.9 Å². The van der Waals surface area contributed by atoms with Crippen LogP contribution in [0.3, 0.4) is 0 Å². The van der Waals surface area contributed by atoms with Gasteiger partial charge in [-0.15, -0.1) is 11.3 Å². The third kappa shape index (κ3) is 1.44. The van der Waals surface area contributed by atoms with Gasteiger partial charge in [-0.3, -0.25) is 0 Å². The van der Waals surface area contributed by atoms with Crippen molar-refractivity contribution in [2.75, 3.05) is 6.54 Å². The summed E-state index contributed by atoms with van der Waals surface area (Å²) in [5.41, 5.74) is 1.24. The van der Waals surface area contributed by atoms with E-state index in [1.54, 1.807) is 11.3 Å². The second-order valence-electron chi connectivity index (χ2n) is 2.94. The first-order chi connectivity index (χ1) is 5.36. The molecule has 0 amide bonds. The van der Waals surface area contributed by atoms with Crippen LogP contribution in [0.4, 0.5) is 0 Å². The summed E-state index contributed by atoms with van der Waals surface area (Å²) < 4.78 is 0. The molecule has 1 aliphatic heterocycles. The van der Waals surface area contributed by atoms with Gasteiger partial charge in [0.2, 0.25) is 0 Å². The first-order valence-corrected chi connectivity index (χ1v) is 4.89. The quantitative estimate of drug-likeness (QED) is 0.692. The molecule has 1 aromatic heterocycles. The van der Waals surface area contributed by atoms with E-state index in [1.165, 1.54) is 23.5 Å². The normalized spacial score (nSPS) is 24.3. The Labute approximate surface area is 70.7 Å². The fraction of sp³-hybridized carbons (Fsp3) is 0.625. The van der Waals surface area contributed by atoms with E-state index in [2.05, 4.69) is 22.6 Å². The van der Waals surface area contributed by atoms with Crippen molar-refractivity contribution in [3.63, 3.8) is 0 Å². The lowest BCUT2D eigenvalue weighted by molar-refractivity contribution is 0.631. The summed E-state index contributed by atoms with van der Waals surface area (Å²) in [6.45, 7) is 3.21. The molecule has 2 nitrogen and oxygen atoms in total. The molecule has 2 heterocycles. The Kier molecular flexibility index (Phi) is 1.92. The number of rotatable bonds is 1. The summed E-state index contributed by atoms with van der Waals surface area (Å²) in [6, 6.07) is 0.542. The van der Waals surface area contributed by atoms with E-state index in [9.17, 15) is 0 Å². The summed E-state index contributed by atoms with van der Waals surface area (Å²) >= 11 is 1.74. The van der Waals surface area contributed by atoms with Crippen LogP contribution in [0.15, 0.2) is 5.38 Å². The van der Waals surface area contributed by atoms with Crippen LogP contribution in [0, 0.1) is 6.92 Å². The van der Waals surface area contributed by atoms with E-state index in [0.29, 0.717) is 6.04 Å². The summed E-state index contributed by atoms with van der Waals surface area (Å²) in [4.78, 5) is 4.45. The highest BCUT2D eigenvalue weighted by molar-refractivity contribution is 7.09. The predicted molar refractivity (Wildman–Crippen MR) is 46.8 cm³/mol. The van der Waals surface area contributed by atoms with Crippen molar-refractivity contribution < 1.29 is 0 Å². The summed E-state index contributed by atoms with van der Waals surface area (Å²) in [5.74, 6) is 0. The Morgan fingerprint density at radius 3 is 3.18 bits per heavy atom. The highest BCUT2D eigenvalue weighted by Crippen LogP contribution is 2.23. The van der Waals surface area contributed by atoms with Gasteiger partial charge in [0.25, 0.3) is 0 Å². The fourth-order valence-corrected chi connectivity index (χ4v) is 2.14. The van der Waals surface area contributed by atoms with E-state index in [4.69, 9.17) is 0 Å². The number of hydrogen-bond donors (Lipinski definition) is 1. The Morgan fingerprint density at radius 1 is 1.73 bits per heavy atom. The van der Waals surface area contributed by atoms with Crippen LogP contribution in [-0.2, 0) is 0 Å². The predicted octanol–water partition coefficient (Wildman–Crippen LogP) is 1.88. The molecule has 1 aromatic rings. The lowest BCUT2D eigenvalue weighted by Crippen LogP contribution is -2.12. The molecular formula is C8H12N2S. The third-order valence-electron chi connectivity index (χ3n) is 2.05. The summed E-state index contributed by atoms with van der Waals surface area (Å²) in [7, 11) is 0. The molecule has 1 aliphatic rings. The molecule has 1 saturated heterocycles. The maximum absolute atomic E-state index is 4.45. The second-order valence-corrected chi connectivity index (χ2v) is 4.00. The van der Waals surface area contributed by atoms with Gasteiger partial charge in [-0.2, -0.15) is 0 Å². The minimum absolute atomic E-state index is 0.542. The Bertz CT molecular complexity index is 238. The molecule has 0 aromatic carbocycles. The first-order valence-electron chi connectivity index (χ1n) is 4.01. The van der Waals surface area contributed by atoms with Gasteiger partial charge >= 0.3 is 0 Å². The first kappa shape index (κ1) is 7.25. The zero-order valence-electron chi connectivity index (χ0n) is 6.63. The van der Waals surface area contributed by atoms with Gasteiger partial charge in [0.15, 0.2) is 0 Å². The average Bonchev–Trinajstić information content (AvgIpc) is 2.55. The lowest BCUT2D eigenvalue weighted by atomic mass is 10.2. The molecular weight excluding hydrogens is 156 g/mol. The Balaban J connectivity index is 2.15. The van der Waals surface area contributed by atoms with E-state index in [-0.39, 0.29) is 0 Å². The van der Waals surface area contributed by atoms with Crippen molar-refractivity contribution in [3.05, 3.63) is 16.1 Å². The second kappa shape index (κ2) is 2.91. The lowest BCUT2D eigenvalue weighted by Gasteiger charge is -2.04. The number of aromatic nitrogens is 1. The molecule has 0 radical (unpaired) electrons. The van der Waals surface area contributed by atoms with Crippen LogP contribution < -0.4 is 5.32 Å². The van der Waals surface area contributed by atoms with Crippen LogP contribution in [-0.4, -0.2) is 11.5 Å². The molecule has 0 spiro atoms. The Morgan fingerprint density at radius 2 is 2.64 bits per heavy atom. The highest BCUT2D eigenvalue weighted by Gasteiger charge is 2.17. The van der Waals surface area contributed by atoms with Crippen LogP contribution in [0.2, 0.25) is 0 Å². The molecule has 1 unspecified atom stereocenters. The third-order valence-corrected chi connectivity index (χ3v) is 2.85. The van der Waals surface area contributed by atoms with Crippen molar-refractivity contribution >= 4 is 11.3 Å². The van der Waals surface area contributed by atoms with Gasteiger partial charge in [0, 0.05) is 5.38 Å². The molecule has 2 rings (SSSR count). The number of aryl methyl sites for hydroxylation is 1. The van der Waals surface area contributed by atoms with Gasteiger partial charge in [-0.25, -0.2) is 4.98 Å². The summed E-state index contributed by atoms with van der Waals surface area (Å²) in [6.07, 6.45) is 2.55. The molecule has 11 heavy (non-hydrogen) atoms. The zero-order chi connectivity index (χ0) is 7.68. The monoisotopic (exact) mass is 168 g/mol. The highest BCUT2D eigenvalue weighted by atomic mass is 32.1. The number of hydrogen-bond acceptors (Lipinski definition) is 3. The maximum Gasteiger partial charge on any atom is 0.0898 e. The molecule has 0 aliphatic carbocycles. The summed E-state index contributed by atoms with van der Waals surface area (Å²) in [5, 5.41) is 6.77. The van der Waals surface area contributed by atoms with Crippen molar-refractivity contribution in [2.24, 2.45) is 0 Å². The van der Waals surface area contributed by atoms with Crippen molar-refractivity contribution in [3.8, 4) is 0 Å². The van der Waals surface area contributed by atoms with E-state index in [1.807, 2.05) is 0 Å². The standard InChI is InChI=1S/C8H12N2S/c1-6-10-8(5-11-6)7-3-2-4-9-7/h5,7,9H,2-4H2,1H3. The minimum atomic E-state index is 0.542. The Hall–Kier alpha value is -0.410. The van der Waals surface area contributed by atoms with Crippen molar-refractivity contribution in [1.29, 1.82) is 0 Å². The maximum atomic E-state index is 4.45. The van der Waals surface area contributed by atoms with Crippen LogP contribution in [0.25, 0.3) is 0 Å². The van der Waals surface area contributed by atoms with E-state index < -0.39 is 0 Å². The molecule has 1 N–H and O–H groups in total. The van der Waals surface area contributed by atoms with E-state index in [0.717, 1.165) is 6.54 Å². The van der Waals surface area contributed by atoms with Gasteiger partial charge in [0.05, 0.1) is 16.7 Å². The SMILES string of the molecule is Cc1nc(C2CCCN2)cs1. The van der Waals surface area contributed by atoms with Gasteiger partial charge in [0.1, 0.15) is 0 Å². The molecule has 1 atom stereocenters. The number of nitrogens with one attached hydrogen (secondary N) is 1. The van der Waals surface area contributed by atoms with Gasteiger partial charge in [-0.05, 0) is 26.3 Å². The minimum Gasteiger partial charge on any atom is -0.309 e. The average molecular weight is 168 g/mol. The zero-order valence-corrected chi connectivity index (χ0v) is 7.45. The molecule has 60 valence electrons. The largest absolute Gasteiger partial charge is 0.309 e. The molecule has 3 heteroatoms. The van der Waals surface area contributed by atoms with Crippen LogP contribution in [0.5, 0.6) is 0 Å².